The van der Waals surface area contributed by atoms with Gasteiger partial charge < -0.3 is 9.84 Å². The van der Waals surface area contributed by atoms with Crippen LogP contribution < -0.4 is 0 Å². The lowest BCUT2D eigenvalue weighted by molar-refractivity contribution is -0.141. The molecule has 0 radical (unpaired) electrons. The van der Waals surface area contributed by atoms with Crippen LogP contribution in [0.25, 0.3) is 0 Å². The van der Waals surface area contributed by atoms with E-state index in [1.807, 2.05) is 0 Å². The molecule has 62 valence electrons. The molecule has 4 unspecified atom stereocenters. The smallest absolute Gasteiger partial charge is 0.309 e. The predicted molar refractivity (Wildman–Crippen MR) is 41.3 cm³/mol. The van der Waals surface area contributed by atoms with Crippen LogP contribution in [0.2, 0.25) is 0 Å². The Labute approximate surface area is 72.9 Å². The van der Waals surface area contributed by atoms with Crippen molar-refractivity contribution in [1.29, 1.82) is 0 Å². The molecule has 0 bridgehead atoms. The lowest BCUT2D eigenvalue weighted by Crippen LogP contribution is -2.20. The summed E-state index contributed by atoms with van der Waals surface area (Å²) in [6.07, 6.45) is 0.178. The lowest BCUT2D eigenvalue weighted by Gasteiger charge is -2.10. The van der Waals surface area contributed by atoms with E-state index in [1.165, 1.54) is 0 Å². The highest BCUT2D eigenvalue weighted by Crippen LogP contribution is 2.41. The van der Waals surface area contributed by atoms with Gasteiger partial charge in [-0.2, -0.15) is 0 Å². The fourth-order valence-electron chi connectivity index (χ4n) is 1.84. The van der Waals surface area contributed by atoms with Gasteiger partial charge >= 0.3 is 5.97 Å². The Morgan fingerprint density at radius 3 is 3.00 bits per heavy atom. The van der Waals surface area contributed by atoms with Gasteiger partial charge in [-0.3, -0.25) is 4.79 Å². The maximum absolute atomic E-state index is 11.0. The molecule has 2 aliphatic rings. The van der Waals surface area contributed by atoms with Crippen LogP contribution in [0, 0.1) is 11.8 Å². The number of carbonyl (C=O) groups is 1. The van der Waals surface area contributed by atoms with E-state index < -0.39 is 0 Å². The average Bonchev–Trinajstić information content (AvgIpc) is 2.43. The number of aliphatic hydroxyl groups excluding tert-OH is 1. The number of fused-ring (bicyclic) bond motifs is 1. The van der Waals surface area contributed by atoms with Crippen LogP contribution in [-0.2, 0) is 9.53 Å². The van der Waals surface area contributed by atoms with Crippen molar-refractivity contribution in [3.05, 3.63) is 0 Å². The molecular weight excluding hydrogens is 212 g/mol. The zero-order chi connectivity index (χ0) is 8.01. The zero-order valence-corrected chi connectivity index (χ0v) is 7.45. The van der Waals surface area contributed by atoms with Gasteiger partial charge in [-0.25, -0.2) is 0 Å². The van der Waals surface area contributed by atoms with Crippen molar-refractivity contribution < 1.29 is 14.6 Å². The predicted octanol–water partition coefficient (Wildman–Crippen LogP) is 0.304. The van der Waals surface area contributed by atoms with Gasteiger partial charge in [0.25, 0.3) is 0 Å². The highest BCUT2D eigenvalue weighted by atomic mass is 79.9. The third kappa shape index (κ3) is 0.999. The van der Waals surface area contributed by atoms with Crippen LogP contribution in [0.3, 0.4) is 0 Å². The van der Waals surface area contributed by atoms with E-state index in [1.54, 1.807) is 0 Å². The molecule has 4 heteroatoms. The first-order valence-electron chi connectivity index (χ1n) is 3.69. The fraction of sp³-hybridized carbons (Fsp3) is 0.857. The summed E-state index contributed by atoms with van der Waals surface area (Å²) in [6.45, 7) is 0.469. The molecule has 1 aliphatic heterocycles. The first-order chi connectivity index (χ1) is 5.20. The van der Waals surface area contributed by atoms with Crippen LogP contribution >= 0.6 is 15.9 Å². The maximum atomic E-state index is 11.0. The molecule has 1 heterocycles. The van der Waals surface area contributed by atoms with Gasteiger partial charge in [-0.05, 0) is 6.42 Å². The molecule has 0 spiro atoms. The third-order valence-electron chi connectivity index (χ3n) is 2.51. The van der Waals surface area contributed by atoms with Crippen LogP contribution in [0.15, 0.2) is 0 Å². The normalized spacial score (nSPS) is 49.1. The molecule has 1 saturated carbocycles. The third-order valence-corrected chi connectivity index (χ3v) is 3.80. The first-order valence-corrected chi connectivity index (χ1v) is 4.60. The van der Waals surface area contributed by atoms with Crippen LogP contribution in [-0.4, -0.2) is 28.6 Å². The number of rotatable bonds is 0. The topological polar surface area (TPSA) is 46.5 Å². The van der Waals surface area contributed by atoms with Crippen molar-refractivity contribution >= 4 is 21.9 Å². The molecule has 11 heavy (non-hydrogen) atoms. The summed E-state index contributed by atoms with van der Waals surface area (Å²) in [5.74, 6) is -0.0112. The number of halogens is 1. The van der Waals surface area contributed by atoms with Gasteiger partial charge in [-0.15, -0.1) is 0 Å². The molecule has 4 atom stereocenters. The number of hydrogen-bond acceptors (Lipinski definition) is 3. The fourth-order valence-corrected chi connectivity index (χ4v) is 2.57. The Kier molecular flexibility index (Phi) is 1.68. The largest absolute Gasteiger partial charge is 0.465 e. The number of aliphatic hydroxyl groups is 1. The quantitative estimate of drug-likeness (QED) is 0.472. The van der Waals surface area contributed by atoms with E-state index in [4.69, 9.17) is 4.74 Å². The lowest BCUT2D eigenvalue weighted by atomic mass is 10.0. The second-order valence-electron chi connectivity index (χ2n) is 3.15. The summed E-state index contributed by atoms with van der Waals surface area (Å²) in [7, 11) is 0. The van der Waals surface area contributed by atoms with E-state index in [-0.39, 0.29) is 28.7 Å². The van der Waals surface area contributed by atoms with Crippen molar-refractivity contribution in [3.8, 4) is 0 Å². The average molecular weight is 221 g/mol. The van der Waals surface area contributed by atoms with Gasteiger partial charge in [0.05, 0.1) is 18.6 Å². The van der Waals surface area contributed by atoms with Crippen molar-refractivity contribution in [2.75, 3.05) is 6.61 Å². The maximum Gasteiger partial charge on any atom is 0.309 e. The molecule has 0 aromatic heterocycles. The van der Waals surface area contributed by atoms with E-state index in [2.05, 4.69) is 15.9 Å². The highest BCUT2D eigenvalue weighted by molar-refractivity contribution is 9.09. The molecule has 2 fully saturated rings. The number of esters is 1. The molecule has 1 saturated heterocycles. The van der Waals surface area contributed by atoms with Gasteiger partial charge in [0.15, 0.2) is 0 Å². The SMILES string of the molecule is O=C1OCC2C1CC(O)C2Br. The van der Waals surface area contributed by atoms with E-state index in [0.717, 1.165) is 0 Å². The van der Waals surface area contributed by atoms with Crippen LogP contribution in [0.5, 0.6) is 0 Å². The summed E-state index contributed by atoms with van der Waals surface area (Å²) in [5, 5.41) is 9.37. The Morgan fingerprint density at radius 2 is 2.36 bits per heavy atom. The summed E-state index contributed by atoms with van der Waals surface area (Å²) >= 11 is 3.36. The van der Waals surface area contributed by atoms with Crippen molar-refractivity contribution in [1.82, 2.24) is 0 Å². The van der Waals surface area contributed by atoms with Gasteiger partial charge in [0.1, 0.15) is 0 Å². The molecule has 0 amide bonds. The summed E-state index contributed by atoms with van der Waals surface area (Å²) in [5.41, 5.74) is 0. The number of carbonyl (C=O) groups excluding carboxylic acids is 1. The Morgan fingerprint density at radius 1 is 1.64 bits per heavy atom. The van der Waals surface area contributed by atoms with Crippen molar-refractivity contribution in [2.24, 2.45) is 11.8 Å². The zero-order valence-electron chi connectivity index (χ0n) is 5.87. The summed E-state index contributed by atoms with van der Waals surface area (Å²) in [6, 6.07) is 0. The van der Waals surface area contributed by atoms with Gasteiger partial charge in [0.2, 0.25) is 0 Å². The Hall–Kier alpha value is -0.0900. The number of ether oxygens (including phenoxy) is 1. The van der Waals surface area contributed by atoms with Gasteiger partial charge in [0, 0.05) is 10.7 Å². The molecule has 2 rings (SSSR count). The first kappa shape index (κ1) is 7.55. The minimum atomic E-state index is -0.377. The summed E-state index contributed by atoms with van der Waals surface area (Å²) in [4.78, 5) is 11.0. The Balaban J connectivity index is 2.18. The monoisotopic (exact) mass is 220 g/mol. The van der Waals surface area contributed by atoms with Gasteiger partial charge in [-0.1, -0.05) is 15.9 Å². The number of cyclic esters (lactones) is 1. The molecule has 0 aromatic carbocycles. The van der Waals surface area contributed by atoms with E-state index in [0.29, 0.717) is 13.0 Å². The minimum absolute atomic E-state index is 0.0407. The molecule has 1 N–H and O–H groups in total. The molecule has 3 nitrogen and oxygen atoms in total. The second kappa shape index (κ2) is 2.45. The minimum Gasteiger partial charge on any atom is -0.465 e. The number of hydrogen-bond donors (Lipinski definition) is 1. The summed E-state index contributed by atoms with van der Waals surface area (Å²) < 4.78 is 4.86. The molecule has 1 aliphatic carbocycles. The standard InChI is InChI=1S/C7H9BrO3/c8-6-4-2-11-7(10)3(4)1-5(6)9/h3-6,9H,1-2H2. The van der Waals surface area contributed by atoms with Crippen LogP contribution in [0.1, 0.15) is 6.42 Å². The van der Waals surface area contributed by atoms with E-state index in [9.17, 15) is 9.90 Å². The second-order valence-corrected chi connectivity index (χ2v) is 4.21. The molecule has 0 aromatic rings. The molecular formula is C7H9BrO3. The highest BCUT2D eigenvalue weighted by Gasteiger charge is 2.49. The van der Waals surface area contributed by atoms with Crippen molar-refractivity contribution in [3.63, 3.8) is 0 Å². The van der Waals surface area contributed by atoms with Crippen LogP contribution in [0.4, 0.5) is 0 Å². The Bertz CT molecular complexity index is 194. The number of alkyl halides is 1. The van der Waals surface area contributed by atoms with E-state index >= 15 is 0 Å². The van der Waals surface area contributed by atoms with Crippen molar-refractivity contribution in [2.45, 2.75) is 17.4 Å².